The normalized spacial score (nSPS) is 10.3. The molecule has 0 bridgehead atoms. The van der Waals surface area contributed by atoms with E-state index in [2.05, 4.69) is 10.6 Å². The van der Waals surface area contributed by atoms with Crippen molar-refractivity contribution in [3.63, 3.8) is 0 Å². The van der Waals surface area contributed by atoms with E-state index in [4.69, 9.17) is 11.6 Å². The third-order valence-electron chi connectivity index (χ3n) is 4.18. The van der Waals surface area contributed by atoms with E-state index in [0.717, 1.165) is 16.8 Å². The lowest BCUT2D eigenvalue weighted by atomic mass is 10.1. The number of hydrogen-bond donors (Lipinski definition) is 2. The number of para-hydroxylation sites is 1. The molecule has 2 amide bonds. The Hall–Kier alpha value is -3.11. The molecule has 0 aliphatic rings. The van der Waals surface area contributed by atoms with Crippen LogP contribution in [-0.4, -0.2) is 11.8 Å². The van der Waals surface area contributed by atoms with Gasteiger partial charge in [0.15, 0.2) is 0 Å². The highest BCUT2D eigenvalue weighted by molar-refractivity contribution is 6.31. The smallest absolute Gasteiger partial charge is 0.255 e. The highest BCUT2D eigenvalue weighted by Crippen LogP contribution is 2.16. The molecule has 0 aromatic heterocycles. The number of carbonyl (C=O) groups excluding carboxylic acids is 2. The standard InChI is InChI=1S/C22H19ClN2O2/c1-15-7-2-5-12-20(15)25-22(27)17-10-6-9-16(13-17)21(26)24-14-18-8-3-4-11-19(18)23/h2-13H,14H2,1H3,(H,24,26)(H,25,27). The van der Waals surface area contributed by atoms with E-state index in [1.54, 1.807) is 30.3 Å². The van der Waals surface area contributed by atoms with Crippen LogP contribution in [0.2, 0.25) is 5.02 Å². The van der Waals surface area contributed by atoms with E-state index in [0.29, 0.717) is 22.7 Å². The number of aryl methyl sites for hydroxylation is 1. The van der Waals surface area contributed by atoms with Crippen molar-refractivity contribution in [3.05, 3.63) is 100 Å². The minimum atomic E-state index is -0.263. The van der Waals surface area contributed by atoms with Gasteiger partial charge in [-0.1, -0.05) is 54.1 Å². The topological polar surface area (TPSA) is 58.2 Å². The monoisotopic (exact) mass is 378 g/mol. The van der Waals surface area contributed by atoms with Crippen LogP contribution in [0.15, 0.2) is 72.8 Å². The molecule has 0 unspecified atom stereocenters. The summed E-state index contributed by atoms with van der Waals surface area (Å²) < 4.78 is 0. The van der Waals surface area contributed by atoms with Gasteiger partial charge < -0.3 is 10.6 Å². The summed E-state index contributed by atoms with van der Waals surface area (Å²) in [4.78, 5) is 24.9. The van der Waals surface area contributed by atoms with Gasteiger partial charge in [0.25, 0.3) is 11.8 Å². The van der Waals surface area contributed by atoms with Crippen LogP contribution in [0, 0.1) is 6.92 Å². The number of nitrogens with one attached hydrogen (secondary N) is 2. The molecule has 0 atom stereocenters. The Balaban J connectivity index is 1.69. The number of rotatable bonds is 5. The summed E-state index contributed by atoms with van der Waals surface area (Å²) in [6, 6.07) is 21.5. The van der Waals surface area contributed by atoms with Gasteiger partial charge in [0.05, 0.1) is 0 Å². The third-order valence-corrected chi connectivity index (χ3v) is 4.55. The maximum atomic E-state index is 12.5. The van der Waals surface area contributed by atoms with Gasteiger partial charge in [-0.25, -0.2) is 0 Å². The number of halogens is 1. The highest BCUT2D eigenvalue weighted by Gasteiger charge is 2.12. The molecule has 136 valence electrons. The fraction of sp³-hybridized carbons (Fsp3) is 0.0909. The molecule has 0 heterocycles. The summed E-state index contributed by atoms with van der Waals surface area (Å²) in [5, 5.41) is 6.30. The Bertz CT molecular complexity index is 985. The second-order valence-corrected chi connectivity index (χ2v) is 6.53. The first-order valence-electron chi connectivity index (χ1n) is 8.53. The van der Waals surface area contributed by atoms with E-state index in [1.807, 2.05) is 49.4 Å². The lowest BCUT2D eigenvalue weighted by Crippen LogP contribution is -2.23. The summed E-state index contributed by atoms with van der Waals surface area (Å²) in [6.07, 6.45) is 0. The van der Waals surface area contributed by atoms with Crippen molar-refractivity contribution in [2.75, 3.05) is 5.32 Å². The Morgan fingerprint density at radius 3 is 2.26 bits per heavy atom. The fourth-order valence-electron chi connectivity index (χ4n) is 2.63. The third kappa shape index (κ3) is 4.74. The molecular formula is C22H19ClN2O2. The second-order valence-electron chi connectivity index (χ2n) is 6.12. The summed E-state index contributed by atoms with van der Waals surface area (Å²) in [6.45, 7) is 2.24. The van der Waals surface area contributed by atoms with Crippen molar-refractivity contribution >= 4 is 29.1 Å². The van der Waals surface area contributed by atoms with E-state index < -0.39 is 0 Å². The molecule has 2 N–H and O–H groups in total. The second kappa shape index (κ2) is 8.52. The predicted molar refractivity (Wildman–Crippen MR) is 108 cm³/mol. The summed E-state index contributed by atoms with van der Waals surface area (Å²) in [7, 11) is 0. The molecule has 4 nitrogen and oxygen atoms in total. The van der Waals surface area contributed by atoms with Crippen LogP contribution in [0.4, 0.5) is 5.69 Å². The average molecular weight is 379 g/mol. The molecular weight excluding hydrogens is 360 g/mol. The van der Waals surface area contributed by atoms with Crippen LogP contribution < -0.4 is 10.6 Å². The van der Waals surface area contributed by atoms with Gasteiger partial charge >= 0.3 is 0 Å². The molecule has 0 spiro atoms. The van der Waals surface area contributed by atoms with E-state index in [-0.39, 0.29) is 11.8 Å². The van der Waals surface area contributed by atoms with Crippen LogP contribution in [0.1, 0.15) is 31.8 Å². The maximum Gasteiger partial charge on any atom is 0.255 e. The Labute approximate surface area is 163 Å². The Kier molecular flexibility index (Phi) is 5.89. The van der Waals surface area contributed by atoms with Gasteiger partial charge in [0.2, 0.25) is 0 Å². The Morgan fingerprint density at radius 1 is 0.852 bits per heavy atom. The first-order chi connectivity index (χ1) is 13.0. The molecule has 3 aromatic carbocycles. The number of carbonyl (C=O) groups is 2. The first-order valence-corrected chi connectivity index (χ1v) is 8.91. The minimum Gasteiger partial charge on any atom is -0.348 e. The van der Waals surface area contributed by atoms with E-state index >= 15 is 0 Å². The number of amides is 2. The quantitative estimate of drug-likeness (QED) is 0.668. The van der Waals surface area contributed by atoms with Gasteiger partial charge in [-0.3, -0.25) is 9.59 Å². The van der Waals surface area contributed by atoms with Gasteiger partial charge in [0.1, 0.15) is 0 Å². The summed E-state index contributed by atoms with van der Waals surface area (Å²) >= 11 is 6.11. The average Bonchev–Trinajstić information content (AvgIpc) is 2.69. The van der Waals surface area contributed by atoms with Crippen molar-refractivity contribution in [3.8, 4) is 0 Å². The van der Waals surface area contributed by atoms with Crippen LogP contribution in [0.25, 0.3) is 0 Å². The molecule has 0 fully saturated rings. The van der Waals surface area contributed by atoms with Gasteiger partial charge in [-0.2, -0.15) is 0 Å². The largest absolute Gasteiger partial charge is 0.348 e. The van der Waals surface area contributed by atoms with Gasteiger partial charge in [-0.05, 0) is 48.4 Å². The summed E-state index contributed by atoms with van der Waals surface area (Å²) in [5.74, 6) is -0.523. The first kappa shape index (κ1) is 18.7. The lowest BCUT2D eigenvalue weighted by molar-refractivity contribution is 0.0951. The Morgan fingerprint density at radius 2 is 1.52 bits per heavy atom. The maximum absolute atomic E-state index is 12.5. The van der Waals surface area contributed by atoms with E-state index in [9.17, 15) is 9.59 Å². The number of benzene rings is 3. The zero-order valence-electron chi connectivity index (χ0n) is 14.8. The van der Waals surface area contributed by atoms with Crippen LogP contribution in [0.3, 0.4) is 0 Å². The minimum absolute atomic E-state index is 0.259. The molecule has 3 rings (SSSR count). The predicted octanol–water partition coefficient (Wildman–Crippen LogP) is 4.83. The van der Waals surface area contributed by atoms with Crippen LogP contribution in [-0.2, 0) is 6.54 Å². The van der Waals surface area contributed by atoms with Crippen LogP contribution >= 0.6 is 11.6 Å². The van der Waals surface area contributed by atoms with Crippen molar-refractivity contribution in [2.45, 2.75) is 13.5 Å². The van der Waals surface area contributed by atoms with Gasteiger partial charge in [-0.15, -0.1) is 0 Å². The highest BCUT2D eigenvalue weighted by atomic mass is 35.5. The molecule has 0 radical (unpaired) electrons. The summed E-state index contributed by atoms with van der Waals surface area (Å²) in [5.41, 5.74) is 3.39. The van der Waals surface area contributed by atoms with Crippen LogP contribution in [0.5, 0.6) is 0 Å². The van der Waals surface area contributed by atoms with Crippen molar-refractivity contribution in [1.29, 1.82) is 0 Å². The SMILES string of the molecule is Cc1ccccc1NC(=O)c1cccc(C(=O)NCc2ccccc2Cl)c1. The number of anilines is 1. The molecule has 5 heteroatoms. The fourth-order valence-corrected chi connectivity index (χ4v) is 2.83. The molecule has 0 aliphatic carbocycles. The van der Waals surface area contributed by atoms with Crippen molar-refractivity contribution in [1.82, 2.24) is 5.32 Å². The zero-order chi connectivity index (χ0) is 19.2. The van der Waals surface area contributed by atoms with E-state index in [1.165, 1.54) is 0 Å². The molecule has 0 saturated heterocycles. The molecule has 0 saturated carbocycles. The number of hydrogen-bond acceptors (Lipinski definition) is 2. The molecule has 3 aromatic rings. The van der Waals surface area contributed by atoms with Crippen molar-refractivity contribution < 1.29 is 9.59 Å². The zero-order valence-corrected chi connectivity index (χ0v) is 15.6. The lowest BCUT2D eigenvalue weighted by Gasteiger charge is -2.10. The molecule has 27 heavy (non-hydrogen) atoms. The van der Waals surface area contributed by atoms with Gasteiger partial charge in [0, 0.05) is 28.4 Å². The molecule has 0 aliphatic heterocycles. The van der Waals surface area contributed by atoms with Crippen molar-refractivity contribution in [2.24, 2.45) is 0 Å².